The van der Waals surface area contributed by atoms with E-state index in [2.05, 4.69) is 45.8 Å². The van der Waals surface area contributed by atoms with Gasteiger partial charge in [-0.15, -0.1) is 0 Å². The molecular weight excluding hydrogens is 226 g/mol. The Hall–Kier alpha value is -1.68. The van der Waals surface area contributed by atoms with Gasteiger partial charge < -0.3 is 9.84 Å². The molecule has 18 heavy (non-hydrogen) atoms. The van der Waals surface area contributed by atoms with Crippen molar-refractivity contribution in [3.63, 3.8) is 0 Å². The fraction of sp³-hybridized carbons (Fsp3) is 0.429. The van der Waals surface area contributed by atoms with Crippen LogP contribution in [0.2, 0.25) is 0 Å². The summed E-state index contributed by atoms with van der Waals surface area (Å²) >= 11 is 0. The molecule has 1 aliphatic rings. The predicted molar refractivity (Wildman–Crippen MR) is 67.8 cm³/mol. The highest BCUT2D eigenvalue weighted by molar-refractivity contribution is 5.21. The van der Waals surface area contributed by atoms with Gasteiger partial charge in [0, 0.05) is 13.0 Å². The van der Waals surface area contributed by atoms with Gasteiger partial charge in [-0.3, -0.25) is 0 Å². The molecule has 0 bridgehead atoms. The van der Waals surface area contributed by atoms with Crippen LogP contribution in [0.1, 0.15) is 36.2 Å². The predicted octanol–water partition coefficient (Wildman–Crippen LogP) is 2.62. The van der Waals surface area contributed by atoms with Gasteiger partial charge in [0.05, 0.1) is 6.54 Å². The first-order chi connectivity index (χ1) is 8.83. The number of aromatic nitrogens is 2. The monoisotopic (exact) mass is 243 g/mol. The van der Waals surface area contributed by atoms with E-state index in [1.807, 2.05) is 6.92 Å². The number of aryl methyl sites for hydroxylation is 1. The van der Waals surface area contributed by atoms with Crippen molar-refractivity contribution in [2.75, 3.05) is 0 Å². The Labute approximate surface area is 106 Å². The lowest BCUT2D eigenvalue weighted by Crippen LogP contribution is -2.23. The van der Waals surface area contributed by atoms with E-state index in [0.717, 1.165) is 11.7 Å². The third-order valence-electron chi connectivity index (χ3n) is 3.30. The molecule has 1 heterocycles. The van der Waals surface area contributed by atoms with Crippen LogP contribution >= 0.6 is 0 Å². The summed E-state index contributed by atoms with van der Waals surface area (Å²) in [4.78, 5) is 4.22. The number of benzene rings is 1. The second-order valence-electron chi connectivity index (χ2n) is 4.84. The number of hydrogen-bond donors (Lipinski definition) is 1. The quantitative estimate of drug-likeness (QED) is 0.877. The molecule has 4 heteroatoms. The molecule has 2 aromatic rings. The van der Waals surface area contributed by atoms with Gasteiger partial charge in [-0.1, -0.05) is 35.5 Å². The lowest BCUT2D eigenvalue weighted by atomic mass is 10.0. The maximum absolute atomic E-state index is 4.98. The minimum Gasteiger partial charge on any atom is -0.340 e. The van der Waals surface area contributed by atoms with Gasteiger partial charge in [-0.05, 0) is 24.3 Å². The molecular formula is C14H17N3O. The van der Waals surface area contributed by atoms with Gasteiger partial charge in [0.1, 0.15) is 0 Å². The largest absolute Gasteiger partial charge is 0.340 e. The molecule has 94 valence electrons. The normalized spacial score (nSPS) is 16.7. The summed E-state index contributed by atoms with van der Waals surface area (Å²) in [6.07, 6.45) is 2.61. The maximum Gasteiger partial charge on any atom is 0.223 e. The van der Waals surface area contributed by atoms with Gasteiger partial charge in [-0.2, -0.15) is 4.98 Å². The summed E-state index contributed by atoms with van der Waals surface area (Å²) < 4.78 is 4.98. The average Bonchev–Trinajstić information content (AvgIpc) is 3.14. The van der Waals surface area contributed by atoms with E-state index in [0.29, 0.717) is 18.5 Å². The Morgan fingerprint density at radius 1 is 1.33 bits per heavy atom. The molecule has 1 aromatic heterocycles. The van der Waals surface area contributed by atoms with Crippen molar-refractivity contribution in [3.8, 4) is 0 Å². The van der Waals surface area contributed by atoms with Crippen molar-refractivity contribution in [3.05, 3.63) is 47.6 Å². The zero-order valence-corrected chi connectivity index (χ0v) is 10.5. The van der Waals surface area contributed by atoms with Crippen LogP contribution < -0.4 is 5.32 Å². The molecule has 4 nitrogen and oxygen atoms in total. The van der Waals surface area contributed by atoms with E-state index in [9.17, 15) is 0 Å². The minimum atomic E-state index is 0.407. The van der Waals surface area contributed by atoms with Gasteiger partial charge >= 0.3 is 0 Å². The zero-order valence-electron chi connectivity index (χ0n) is 10.5. The smallest absolute Gasteiger partial charge is 0.223 e. The number of nitrogens with one attached hydrogen (secondary N) is 1. The van der Waals surface area contributed by atoms with Crippen molar-refractivity contribution in [1.29, 1.82) is 0 Å². The van der Waals surface area contributed by atoms with E-state index in [1.54, 1.807) is 0 Å². The van der Waals surface area contributed by atoms with Crippen LogP contribution in [0.3, 0.4) is 0 Å². The van der Waals surface area contributed by atoms with E-state index in [4.69, 9.17) is 4.52 Å². The van der Waals surface area contributed by atoms with Crippen LogP contribution in [0.4, 0.5) is 0 Å². The van der Waals surface area contributed by atoms with Gasteiger partial charge in [0.15, 0.2) is 5.82 Å². The van der Waals surface area contributed by atoms with E-state index in [-0.39, 0.29) is 0 Å². The highest BCUT2D eigenvalue weighted by atomic mass is 16.5. The summed E-state index contributed by atoms with van der Waals surface area (Å²) in [6.45, 7) is 2.47. The highest BCUT2D eigenvalue weighted by Gasteiger charge is 2.32. The lowest BCUT2D eigenvalue weighted by molar-refractivity contribution is 0.381. The molecule has 1 saturated carbocycles. The SMILES string of the molecule is Cc1nc(CNC(c2ccccc2)C2CC2)no1. The summed E-state index contributed by atoms with van der Waals surface area (Å²) in [5.74, 6) is 2.10. The maximum atomic E-state index is 4.98. The molecule has 0 spiro atoms. The van der Waals surface area contributed by atoms with E-state index >= 15 is 0 Å². The molecule has 0 aliphatic heterocycles. The summed E-state index contributed by atoms with van der Waals surface area (Å²) in [5.41, 5.74) is 1.35. The Balaban J connectivity index is 1.68. The molecule has 1 aromatic carbocycles. The standard InChI is InChI=1S/C14H17N3O/c1-10-16-13(17-18-10)9-15-14(12-7-8-12)11-5-3-2-4-6-11/h2-6,12,14-15H,7-9H2,1H3. The number of hydrogen-bond acceptors (Lipinski definition) is 4. The third-order valence-corrected chi connectivity index (χ3v) is 3.30. The minimum absolute atomic E-state index is 0.407. The summed E-state index contributed by atoms with van der Waals surface area (Å²) in [5, 5.41) is 7.46. The van der Waals surface area contributed by atoms with Crippen LogP contribution in [0.15, 0.2) is 34.9 Å². The van der Waals surface area contributed by atoms with Crippen molar-refractivity contribution in [1.82, 2.24) is 15.5 Å². The van der Waals surface area contributed by atoms with Crippen molar-refractivity contribution in [2.24, 2.45) is 5.92 Å². The molecule has 1 atom stereocenters. The summed E-state index contributed by atoms with van der Waals surface area (Å²) in [6, 6.07) is 11.0. The average molecular weight is 243 g/mol. The Bertz CT molecular complexity index is 505. The topological polar surface area (TPSA) is 51.0 Å². The van der Waals surface area contributed by atoms with Crippen LogP contribution in [0, 0.1) is 12.8 Å². The van der Waals surface area contributed by atoms with Crippen LogP contribution in [0.25, 0.3) is 0 Å². The fourth-order valence-corrected chi connectivity index (χ4v) is 2.26. The Kier molecular flexibility index (Phi) is 3.11. The van der Waals surface area contributed by atoms with Gasteiger partial charge in [0.25, 0.3) is 0 Å². The molecule has 0 amide bonds. The van der Waals surface area contributed by atoms with Crippen molar-refractivity contribution < 1.29 is 4.52 Å². The van der Waals surface area contributed by atoms with Gasteiger partial charge in [0.2, 0.25) is 5.89 Å². The molecule has 0 saturated heterocycles. The Morgan fingerprint density at radius 2 is 2.11 bits per heavy atom. The van der Waals surface area contributed by atoms with Crippen LogP contribution in [-0.4, -0.2) is 10.1 Å². The van der Waals surface area contributed by atoms with Crippen molar-refractivity contribution in [2.45, 2.75) is 32.4 Å². The molecule has 0 radical (unpaired) electrons. The second-order valence-corrected chi connectivity index (χ2v) is 4.84. The summed E-state index contributed by atoms with van der Waals surface area (Å²) in [7, 11) is 0. The van der Waals surface area contributed by atoms with Gasteiger partial charge in [-0.25, -0.2) is 0 Å². The molecule has 1 unspecified atom stereocenters. The number of nitrogens with zero attached hydrogens (tertiary/aromatic N) is 2. The lowest BCUT2D eigenvalue weighted by Gasteiger charge is -2.17. The molecule has 1 aliphatic carbocycles. The first kappa shape index (κ1) is 11.4. The molecule has 1 N–H and O–H groups in total. The zero-order chi connectivity index (χ0) is 12.4. The van der Waals surface area contributed by atoms with Crippen molar-refractivity contribution >= 4 is 0 Å². The van der Waals surface area contributed by atoms with E-state index in [1.165, 1.54) is 18.4 Å². The first-order valence-electron chi connectivity index (χ1n) is 6.40. The number of rotatable bonds is 5. The second kappa shape index (κ2) is 4.90. The first-order valence-corrected chi connectivity index (χ1v) is 6.40. The fourth-order valence-electron chi connectivity index (χ4n) is 2.26. The highest BCUT2D eigenvalue weighted by Crippen LogP contribution is 2.40. The van der Waals surface area contributed by atoms with E-state index < -0.39 is 0 Å². The van der Waals surface area contributed by atoms with Crippen LogP contribution in [-0.2, 0) is 6.54 Å². The van der Waals surface area contributed by atoms with Crippen LogP contribution in [0.5, 0.6) is 0 Å². The molecule has 1 fully saturated rings. The molecule has 3 rings (SSSR count). The Morgan fingerprint density at radius 3 is 2.72 bits per heavy atom. The third kappa shape index (κ3) is 2.59.